The maximum absolute atomic E-state index is 9.75. The van der Waals surface area contributed by atoms with Gasteiger partial charge in [-0.25, -0.2) is 0 Å². The Labute approximate surface area is 112 Å². The number of fused-ring (bicyclic) bond motifs is 1. The fourth-order valence-electron chi connectivity index (χ4n) is 3.36. The number of hydrogen-bond acceptors (Lipinski definition) is 6. The van der Waals surface area contributed by atoms with Crippen LogP contribution in [0, 0.1) is 0 Å². The molecule has 19 heavy (non-hydrogen) atoms. The fraction of sp³-hybridized carbons (Fsp3) is 1.00. The summed E-state index contributed by atoms with van der Waals surface area (Å²) in [6, 6.07) is 0. The number of ether oxygens (including phenoxy) is 4. The van der Waals surface area contributed by atoms with E-state index >= 15 is 0 Å². The first kappa shape index (κ1) is 13.7. The number of aliphatic hydroxyl groups is 2. The molecule has 3 rings (SSSR count). The highest BCUT2D eigenvalue weighted by Crippen LogP contribution is 2.45. The monoisotopic (exact) mass is 274 g/mol. The van der Waals surface area contributed by atoms with Gasteiger partial charge in [0.15, 0.2) is 12.1 Å². The Bertz CT molecular complexity index is 316. The molecule has 2 aliphatic heterocycles. The lowest BCUT2D eigenvalue weighted by Gasteiger charge is -2.34. The molecule has 1 spiro atoms. The lowest BCUT2D eigenvalue weighted by molar-refractivity contribution is -0.255. The van der Waals surface area contributed by atoms with Crippen molar-refractivity contribution < 1.29 is 29.2 Å². The third-order valence-corrected chi connectivity index (χ3v) is 4.34. The van der Waals surface area contributed by atoms with E-state index in [0.717, 1.165) is 25.7 Å². The van der Waals surface area contributed by atoms with Crippen LogP contribution in [0.3, 0.4) is 0 Å². The SMILES string of the molecule is CO[C@@H]1[C@H]([C@H](O)CO)O[C@@H]2OC3(CCCCC3)O[C@@H]21. The quantitative estimate of drug-likeness (QED) is 0.763. The Hall–Kier alpha value is -0.240. The highest BCUT2D eigenvalue weighted by Gasteiger charge is 2.59. The molecule has 6 nitrogen and oxygen atoms in total. The molecule has 0 aromatic rings. The van der Waals surface area contributed by atoms with Crippen LogP contribution >= 0.6 is 0 Å². The Morgan fingerprint density at radius 1 is 1.26 bits per heavy atom. The van der Waals surface area contributed by atoms with Gasteiger partial charge in [0, 0.05) is 20.0 Å². The average Bonchev–Trinajstić information content (AvgIpc) is 2.92. The van der Waals surface area contributed by atoms with Gasteiger partial charge in [0.25, 0.3) is 0 Å². The van der Waals surface area contributed by atoms with Crippen molar-refractivity contribution in [2.24, 2.45) is 0 Å². The minimum atomic E-state index is -0.981. The van der Waals surface area contributed by atoms with Crippen LogP contribution in [-0.4, -0.2) is 60.4 Å². The van der Waals surface area contributed by atoms with E-state index in [9.17, 15) is 5.11 Å². The molecule has 0 bridgehead atoms. The summed E-state index contributed by atoms with van der Waals surface area (Å²) in [4.78, 5) is 0. The van der Waals surface area contributed by atoms with E-state index in [-0.39, 0.29) is 12.7 Å². The van der Waals surface area contributed by atoms with Gasteiger partial charge in [0.1, 0.15) is 24.4 Å². The molecule has 2 heterocycles. The first-order valence-electron chi connectivity index (χ1n) is 7.02. The van der Waals surface area contributed by atoms with Crippen LogP contribution in [0.25, 0.3) is 0 Å². The zero-order valence-electron chi connectivity index (χ0n) is 11.2. The molecular formula is C13H22O6. The Balaban J connectivity index is 1.71. The van der Waals surface area contributed by atoms with Gasteiger partial charge in [-0.2, -0.15) is 0 Å². The Morgan fingerprint density at radius 3 is 2.63 bits per heavy atom. The maximum atomic E-state index is 9.75. The van der Waals surface area contributed by atoms with Crippen LogP contribution in [-0.2, 0) is 18.9 Å². The predicted molar refractivity (Wildman–Crippen MR) is 64.3 cm³/mol. The van der Waals surface area contributed by atoms with Gasteiger partial charge >= 0.3 is 0 Å². The number of aliphatic hydroxyl groups excluding tert-OH is 2. The van der Waals surface area contributed by atoms with E-state index in [1.54, 1.807) is 7.11 Å². The lowest BCUT2D eigenvalue weighted by atomic mass is 9.94. The van der Waals surface area contributed by atoms with Crippen molar-refractivity contribution in [3.63, 3.8) is 0 Å². The van der Waals surface area contributed by atoms with E-state index in [1.807, 2.05) is 0 Å². The van der Waals surface area contributed by atoms with Gasteiger partial charge in [0.05, 0.1) is 6.61 Å². The highest BCUT2D eigenvalue weighted by atomic mass is 16.8. The van der Waals surface area contributed by atoms with Crippen LogP contribution in [0.1, 0.15) is 32.1 Å². The molecule has 1 aliphatic carbocycles. The maximum Gasteiger partial charge on any atom is 0.190 e. The summed E-state index contributed by atoms with van der Waals surface area (Å²) in [6.07, 6.45) is 2.34. The second-order valence-corrected chi connectivity index (χ2v) is 5.59. The van der Waals surface area contributed by atoms with Crippen molar-refractivity contribution in [3.8, 4) is 0 Å². The van der Waals surface area contributed by atoms with Crippen molar-refractivity contribution in [2.45, 2.75) is 68.6 Å². The largest absolute Gasteiger partial charge is 0.394 e. The molecule has 1 saturated carbocycles. The van der Waals surface area contributed by atoms with E-state index in [1.165, 1.54) is 6.42 Å². The Morgan fingerprint density at radius 2 is 2.00 bits per heavy atom. The van der Waals surface area contributed by atoms with E-state index in [0.29, 0.717) is 0 Å². The first-order chi connectivity index (χ1) is 9.19. The summed E-state index contributed by atoms with van der Waals surface area (Å²) in [7, 11) is 1.56. The molecule has 3 aliphatic rings. The molecule has 6 heteroatoms. The predicted octanol–water partition coefficient (Wildman–Crippen LogP) is 0.155. The highest BCUT2D eigenvalue weighted by molar-refractivity contribution is 4.98. The standard InChI is InChI=1S/C13H22O6/c1-16-10-9(8(15)7-14)17-12-11(10)18-13(19-12)5-3-2-4-6-13/h8-12,14-15H,2-7H2,1H3/t8-,9+,10-,11-,12-/m1/s1. The molecular weight excluding hydrogens is 252 g/mol. The molecule has 2 saturated heterocycles. The topological polar surface area (TPSA) is 77.4 Å². The van der Waals surface area contributed by atoms with Crippen molar-refractivity contribution >= 4 is 0 Å². The fourth-order valence-corrected chi connectivity index (χ4v) is 3.36. The van der Waals surface area contributed by atoms with Crippen LogP contribution < -0.4 is 0 Å². The van der Waals surface area contributed by atoms with Gasteiger partial charge in [-0.3, -0.25) is 0 Å². The van der Waals surface area contributed by atoms with E-state index < -0.39 is 30.4 Å². The van der Waals surface area contributed by atoms with Crippen molar-refractivity contribution in [1.29, 1.82) is 0 Å². The molecule has 2 N–H and O–H groups in total. The zero-order chi connectivity index (χ0) is 13.5. The summed E-state index contributed by atoms with van der Waals surface area (Å²) < 4.78 is 23.1. The number of rotatable bonds is 3. The molecule has 3 fully saturated rings. The average molecular weight is 274 g/mol. The zero-order valence-corrected chi connectivity index (χ0v) is 11.2. The molecule has 0 amide bonds. The third kappa shape index (κ3) is 2.30. The van der Waals surface area contributed by atoms with E-state index in [4.69, 9.17) is 24.1 Å². The van der Waals surface area contributed by atoms with Gasteiger partial charge < -0.3 is 29.2 Å². The van der Waals surface area contributed by atoms with Crippen LogP contribution in [0.5, 0.6) is 0 Å². The van der Waals surface area contributed by atoms with Gasteiger partial charge in [-0.15, -0.1) is 0 Å². The van der Waals surface area contributed by atoms with Crippen LogP contribution in [0.15, 0.2) is 0 Å². The second kappa shape index (κ2) is 5.27. The van der Waals surface area contributed by atoms with Gasteiger partial charge in [0.2, 0.25) is 0 Å². The van der Waals surface area contributed by atoms with Gasteiger partial charge in [-0.1, -0.05) is 6.42 Å². The van der Waals surface area contributed by atoms with Crippen molar-refractivity contribution in [2.75, 3.05) is 13.7 Å². The first-order valence-corrected chi connectivity index (χ1v) is 7.02. The van der Waals surface area contributed by atoms with Crippen molar-refractivity contribution in [3.05, 3.63) is 0 Å². The molecule has 110 valence electrons. The molecule has 0 aromatic carbocycles. The summed E-state index contributed by atoms with van der Waals surface area (Å²) >= 11 is 0. The van der Waals surface area contributed by atoms with Crippen LogP contribution in [0.4, 0.5) is 0 Å². The lowest BCUT2D eigenvalue weighted by Crippen LogP contribution is -2.44. The molecule has 5 atom stereocenters. The molecule has 0 unspecified atom stereocenters. The molecule has 0 radical (unpaired) electrons. The van der Waals surface area contributed by atoms with Crippen molar-refractivity contribution in [1.82, 2.24) is 0 Å². The minimum Gasteiger partial charge on any atom is -0.394 e. The summed E-state index contributed by atoms with van der Waals surface area (Å²) in [5.74, 6) is -0.528. The number of hydrogen-bond donors (Lipinski definition) is 2. The smallest absolute Gasteiger partial charge is 0.190 e. The Kier molecular flexibility index (Phi) is 3.81. The summed E-state index contributed by atoms with van der Waals surface area (Å²) in [5, 5.41) is 18.8. The normalized spacial score (nSPS) is 42.5. The number of methoxy groups -OCH3 is 1. The minimum absolute atomic E-state index is 0.325. The summed E-state index contributed by atoms with van der Waals surface area (Å²) in [6.45, 7) is -0.366. The third-order valence-electron chi connectivity index (χ3n) is 4.34. The summed E-state index contributed by atoms with van der Waals surface area (Å²) in [5.41, 5.74) is 0. The van der Waals surface area contributed by atoms with E-state index in [2.05, 4.69) is 0 Å². The van der Waals surface area contributed by atoms with Gasteiger partial charge in [-0.05, 0) is 12.8 Å². The van der Waals surface area contributed by atoms with Crippen LogP contribution in [0.2, 0.25) is 0 Å². The second-order valence-electron chi connectivity index (χ2n) is 5.59. The molecule has 0 aromatic heterocycles.